The Morgan fingerprint density at radius 2 is 1.57 bits per heavy atom. The lowest BCUT2D eigenvalue weighted by Gasteiger charge is -2.34. The van der Waals surface area contributed by atoms with E-state index in [4.69, 9.17) is 4.74 Å². The lowest BCUT2D eigenvalue weighted by atomic mass is 10.1. The fourth-order valence-electron chi connectivity index (χ4n) is 4.37. The van der Waals surface area contributed by atoms with Crippen LogP contribution in [0.3, 0.4) is 0 Å². The first-order valence-corrected chi connectivity index (χ1v) is 14.0. The molecule has 0 spiro atoms. The number of carbonyl (C=O) groups excluding carboxylic acids is 1. The molecule has 0 aliphatic carbocycles. The van der Waals surface area contributed by atoms with Gasteiger partial charge >= 0.3 is 0 Å². The van der Waals surface area contributed by atoms with E-state index in [2.05, 4.69) is 4.98 Å². The Bertz CT molecular complexity index is 1690. The van der Waals surface area contributed by atoms with Gasteiger partial charge in [-0.15, -0.1) is 0 Å². The maximum Gasteiger partial charge on any atom is 0.272 e. The highest BCUT2D eigenvalue weighted by Gasteiger charge is 2.31. The SMILES string of the molecule is Cc1ccc(S(=O)(=O)N2CCN(C(=O)c3cccc(-c4ccc(Oc5ccc(F)cc5)cc4)n3)CC2)cc1C#N. The molecule has 0 atom stereocenters. The zero-order chi connectivity index (χ0) is 28.3. The summed E-state index contributed by atoms with van der Waals surface area (Å²) < 4.78 is 46.4. The normalized spacial score (nSPS) is 14.0. The van der Waals surface area contributed by atoms with Crippen molar-refractivity contribution in [2.75, 3.05) is 26.2 Å². The van der Waals surface area contributed by atoms with E-state index in [1.165, 1.54) is 28.6 Å². The topological polar surface area (TPSA) is 104 Å². The minimum absolute atomic E-state index is 0.0675. The molecule has 0 N–H and O–H groups in total. The van der Waals surface area contributed by atoms with Gasteiger partial charge in [0.05, 0.1) is 22.2 Å². The molecule has 40 heavy (non-hydrogen) atoms. The van der Waals surface area contributed by atoms with Crippen LogP contribution in [0.2, 0.25) is 0 Å². The molecule has 1 saturated heterocycles. The molecule has 0 bridgehead atoms. The molecule has 1 aromatic heterocycles. The van der Waals surface area contributed by atoms with Crippen LogP contribution in [0, 0.1) is 24.1 Å². The van der Waals surface area contributed by atoms with Gasteiger partial charge in [-0.2, -0.15) is 9.57 Å². The van der Waals surface area contributed by atoms with Crippen LogP contribution in [0.4, 0.5) is 4.39 Å². The van der Waals surface area contributed by atoms with E-state index in [0.717, 1.165) is 5.56 Å². The Balaban J connectivity index is 1.24. The summed E-state index contributed by atoms with van der Waals surface area (Å²) in [6.45, 7) is 2.47. The van der Waals surface area contributed by atoms with Gasteiger partial charge in [0.1, 0.15) is 23.0 Å². The summed E-state index contributed by atoms with van der Waals surface area (Å²) in [4.78, 5) is 19.4. The number of carbonyl (C=O) groups is 1. The number of amides is 1. The number of nitrogens with zero attached hydrogens (tertiary/aromatic N) is 4. The molecule has 4 aromatic rings. The van der Waals surface area contributed by atoms with E-state index in [1.54, 1.807) is 60.4 Å². The smallest absolute Gasteiger partial charge is 0.272 e. The third-order valence-electron chi connectivity index (χ3n) is 6.66. The first kappa shape index (κ1) is 27.0. The molecule has 10 heteroatoms. The second-order valence-corrected chi connectivity index (χ2v) is 11.2. The van der Waals surface area contributed by atoms with Gasteiger partial charge in [-0.25, -0.2) is 17.8 Å². The number of nitriles is 1. The molecule has 0 radical (unpaired) electrons. The van der Waals surface area contributed by atoms with Gasteiger partial charge < -0.3 is 9.64 Å². The third kappa shape index (κ3) is 5.71. The molecule has 3 aromatic carbocycles. The van der Waals surface area contributed by atoms with E-state index in [9.17, 15) is 22.9 Å². The zero-order valence-electron chi connectivity index (χ0n) is 21.6. The van der Waals surface area contributed by atoms with Crippen LogP contribution in [0.25, 0.3) is 11.3 Å². The molecular weight excluding hydrogens is 531 g/mol. The first-order chi connectivity index (χ1) is 19.2. The predicted molar refractivity (Wildman–Crippen MR) is 147 cm³/mol. The minimum atomic E-state index is -3.79. The number of hydrogen-bond donors (Lipinski definition) is 0. The number of benzene rings is 3. The summed E-state index contributed by atoms with van der Waals surface area (Å²) in [7, 11) is -3.79. The van der Waals surface area contributed by atoms with E-state index >= 15 is 0 Å². The highest BCUT2D eigenvalue weighted by Crippen LogP contribution is 2.26. The van der Waals surface area contributed by atoms with Crippen LogP contribution >= 0.6 is 0 Å². The molecule has 5 rings (SSSR count). The van der Waals surface area contributed by atoms with Crippen LogP contribution in [-0.2, 0) is 10.0 Å². The van der Waals surface area contributed by atoms with Crippen molar-refractivity contribution < 1.29 is 22.3 Å². The average Bonchev–Trinajstić information content (AvgIpc) is 2.98. The maximum atomic E-state index is 13.2. The summed E-state index contributed by atoms with van der Waals surface area (Å²) in [6.07, 6.45) is 0. The number of aryl methyl sites for hydroxylation is 1. The summed E-state index contributed by atoms with van der Waals surface area (Å²) in [5.74, 6) is 0.466. The van der Waals surface area contributed by atoms with Gasteiger partial charge in [0.2, 0.25) is 10.0 Å². The molecule has 1 amide bonds. The second-order valence-electron chi connectivity index (χ2n) is 9.27. The Kier molecular flexibility index (Phi) is 7.60. The Hall–Kier alpha value is -4.59. The lowest BCUT2D eigenvalue weighted by molar-refractivity contribution is 0.0692. The van der Waals surface area contributed by atoms with Crippen molar-refractivity contribution >= 4 is 15.9 Å². The van der Waals surface area contributed by atoms with Gasteiger partial charge in [0, 0.05) is 31.7 Å². The molecule has 0 unspecified atom stereocenters. The monoisotopic (exact) mass is 556 g/mol. The highest BCUT2D eigenvalue weighted by molar-refractivity contribution is 7.89. The van der Waals surface area contributed by atoms with Crippen LogP contribution in [-0.4, -0.2) is 54.7 Å². The van der Waals surface area contributed by atoms with E-state index in [-0.39, 0.29) is 48.5 Å². The largest absolute Gasteiger partial charge is 0.457 e. The van der Waals surface area contributed by atoms with Crippen molar-refractivity contribution in [2.45, 2.75) is 11.8 Å². The van der Waals surface area contributed by atoms with Crippen molar-refractivity contribution in [1.29, 1.82) is 5.26 Å². The summed E-state index contributed by atoms with van der Waals surface area (Å²) >= 11 is 0. The number of halogens is 1. The van der Waals surface area contributed by atoms with Crippen molar-refractivity contribution in [2.24, 2.45) is 0 Å². The van der Waals surface area contributed by atoms with Crippen molar-refractivity contribution in [3.63, 3.8) is 0 Å². The highest BCUT2D eigenvalue weighted by atomic mass is 32.2. The van der Waals surface area contributed by atoms with Crippen LogP contribution < -0.4 is 4.74 Å². The number of piperazine rings is 1. The first-order valence-electron chi connectivity index (χ1n) is 12.6. The van der Waals surface area contributed by atoms with Crippen LogP contribution in [0.5, 0.6) is 11.5 Å². The molecular formula is C30H25FN4O4S. The minimum Gasteiger partial charge on any atom is -0.457 e. The van der Waals surface area contributed by atoms with Gasteiger partial charge in [-0.3, -0.25) is 4.79 Å². The second kappa shape index (κ2) is 11.3. The average molecular weight is 557 g/mol. The number of hydrogen-bond acceptors (Lipinski definition) is 6. The zero-order valence-corrected chi connectivity index (χ0v) is 22.4. The third-order valence-corrected chi connectivity index (χ3v) is 8.56. The Morgan fingerprint density at radius 1 is 0.925 bits per heavy atom. The standard InChI is InChI=1S/C30H25FN4O4S/c1-21-5-14-27(19-23(21)20-32)40(37,38)35-17-15-34(16-18-35)30(36)29-4-2-3-28(33-29)22-6-10-25(11-7-22)39-26-12-8-24(31)9-13-26/h2-14,19H,15-18H2,1H3. The summed E-state index contributed by atoms with van der Waals surface area (Å²) in [5.41, 5.74) is 2.68. The lowest BCUT2D eigenvalue weighted by Crippen LogP contribution is -2.50. The van der Waals surface area contributed by atoms with Crippen molar-refractivity contribution in [1.82, 2.24) is 14.2 Å². The van der Waals surface area contributed by atoms with E-state index in [0.29, 0.717) is 28.3 Å². The predicted octanol–water partition coefficient (Wildman–Crippen LogP) is 5.01. The van der Waals surface area contributed by atoms with Gasteiger partial charge in [0.15, 0.2) is 0 Å². The number of pyridine rings is 1. The molecule has 202 valence electrons. The van der Waals surface area contributed by atoms with Gasteiger partial charge in [-0.05, 0) is 85.3 Å². The Labute approximate surface area is 231 Å². The fraction of sp³-hybridized carbons (Fsp3) is 0.167. The van der Waals surface area contributed by atoms with Crippen LogP contribution in [0.15, 0.2) is 89.8 Å². The van der Waals surface area contributed by atoms with Gasteiger partial charge in [0.25, 0.3) is 5.91 Å². The number of aromatic nitrogens is 1. The number of ether oxygens (including phenoxy) is 1. The molecule has 1 aliphatic rings. The molecule has 1 aliphatic heterocycles. The molecule has 1 fully saturated rings. The van der Waals surface area contributed by atoms with Crippen molar-refractivity contribution in [3.8, 4) is 28.8 Å². The summed E-state index contributed by atoms with van der Waals surface area (Å²) in [6, 6.07) is 24.6. The Morgan fingerprint density at radius 3 is 2.23 bits per heavy atom. The van der Waals surface area contributed by atoms with E-state index in [1.807, 2.05) is 18.2 Å². The van der Waals surface area contributed by atoms with E-state index < -0.39 is 10.0 Å². The fourth-order valence-corrected chi connectivity index (χ4v) is 5.82. The maximum absolute atomic E-state index is 13.2. The van der Waals surface area contributed by atoms with Gasteiger partial charge in [-0.1, -0.05) is 12.1 Å². The molecule has 2 heterocycles. The quantitative estimate of drug-likeness (QED) is 0.331. The number of sulfonamides is 1. The molecule has 0 saturated carbocycles. The summed E-state index contributed by atoms with van der Waals surface area (Å²) in [5, 5.41) is 9.26. The van der Waals surface area contributed by atoms with Crippen molar-refractivity contribution in [3.05, 3.63) is 108 Å². The van der Waals surface area contributed by atoms with Crippen LogP contribution in [0.1, 0.15) is 21.6 Å². The number of rotatable bonds is 6. The molecule has 8 nitrogen and oxygen atoms in total.